The lowest BCUT2D eigenvalue weighted by atomic mass is 10.2. The van der Waals surface area contributed by atoms with Crippen molar-refractivity contribution in [2.24, 2.45) is 0 Å². The number of hydrogen-bond acceptors (Lipinski definition) is 3. The molecule has 34 heavy (non-hydrogen) atoms. The van der Waals surface area contributed by atoms with Crippen molar-refractivity contribution in [2.75, 3.05) is 46.4 Å². The van der Waals surface area contributed by atoms with Crippen LogP contribution in [0, 0.1) is 0 Å². The zero-order valence-electron chi connectivity index (χ0n) is 20.2. The number of fused-ring (bicyclic) bond motifs is 3. The number of piperazine rings is 1. The normalized spacial score (nSPS) is 15.6. The maximum atomic E-state index is 5.31. The van der Waals surface area contributed by atoms with E-state index in [2.05, 4.69) is 87.2 Å². The predicted molar refractivity (Wildman–Crippen MR) is 144 cm³/mol. The van der Waals surface area contributed by atoms with Gasteiger partial charge in [-0.15, -0.1) is 0 Å². The fourth-order valence-corrected chi connectivity index (χ4v) is 5.13. The summed E-state index contributed by atoms with van der Waals surface area (Å²) in [5.41, 5.74) is 3.92. The molecule has 0 aliphatic carbocycles. The van der Waals surface area contributed by atoms with Gasteiger partial charge in [-0.2, -0.15) is 0 Å². The van der Waals surface area contributed by atoms with Crippen molar-refractivity contribution in [3.05, 3.63) is 84.4 Å². The molecular formula is C30H35N3O. The molecule has 1 fully saturated rings. The average molecular weight is 454 g/mol. The molecule has 176 valence electrons. The van der Waals surface area contributed by atoms with Crippen molar-refractivity contribution in [3.63, 3.8) is 0 Å². The van der Waals surface area contributed by atoms with E-state index < -0.39 is 0 Å². The molecule has 3 aromatic carbocycles. The summed E-state index contributed by atoms with van der Waals surface area (Å²) in [5, 5.41) is 2.74. The van der Waals surface area contributed by atoms with Gasteiger partial charge in [-0.25, -0.2) is 0 Å². The first-order chi connectivity index (χ1) is 16.8. The first-order valence-electron chi connectivity index (χ1n) is 12.5. The summed E-state index contributed by atoms with van der Waals surface area (Å²) < 4.78 is 7.82. The Labute approximate surface area is 203 Å². The summed E-state index contributed by atoms with van der Waals surface area (Å²) in [5.74, 6) is 0.911. The van der Waals surface area contributed by atoms with Gasteiger partial charge in [-0.3, -0.25) is 4.90 Å². The van der Waals surface area contributed by atoms with E-state index in [1.807, 2.05) is 12.1 Å². The number of rotatable bonds is 9. The second-order valence-corrected chi connectivity index (χ2v) is 9.21. The van der Waals surface area contributed by atoms with E-state index in [9.17, 15) is 0 Å². The van der Waals surface area contributed by atoms with Crippen molar-refractivity contribution in [3.8, 4) is 5.75 Å². The number of ether oxygens (including phenoxy) is 1. The molecule has 0 spiro atoms. The molecule has 1 saturated heterocycles. The van der Waals surface area contributed by atoms with Crippen LogP contribution in [0.5, 0.6) is 5.75 Å². The average Bonchev–Trinajstić information content (AvgIpc) is 3.21. The van der Waals surface area contributed by atoms with Crippen molar-refractivity contribution in [2.45, 2.75) is 19.4 Å². The minimum absolute atomic E-state index is 0.911. The minimum atomic E-state index is 0.911. The fourth-order valence-electron chi connectivity index (χ4n) is 5.13. The SMILES string of the molecule is COc1cccc(/C=C/CN2CCN(CCCCn3c4ccccc4c4ccccc43)CC2)c1. The Morgan fingerprint density at radius 1 is 0.735 bits per heavy atom. The Balaban J connectivity index is 1.07. The Bertz CT molecular complexity index is 1200. The number of para-hydroxylation sites is 2. The molecule has 0 unspecified atom stereocenters. The van der Waals surface area contributed by atoms with Crippen LogP contribution in [0.15, 0.2) is 78.9 Å². The molecule has 2 heterocycles. The Morgan fingerprint density at radius 2 is 1.38 bits per heavy atom. The third-order valence-electron chi connectivity index (χ3n) is 7.02. The standard InChI is InChI=1S/C30H35N3O/c1-34-26-12-8-10-25(24-26)11-9-18-32-22-20-31(21-23-32)17-6-7-19-33-29-15-4-2-13-27(29)28-14-3-5-16-30(28)33/h2-5,8-16,24H,6-7,17-23H2,1H3/b11-9+. The maximum Gasteiger partial charge on any atom is 0.119 e. The van der Waals surface area contributed by atoms with Crippen LogP contribution in [0.3, 0.4) is 0 Å². The quantitative estimate of drug-likeness (QED) is 0.294. The molecule has 0 amide bonds. The highest BCUT2D eigenvalue weighted by Crippen LogP contribution is 2.29. The zero-order chi connectivity index (χ0) is 23.2. The van der Waals surface area contributed by atoms with E-state index in [4.69, 9.17) is 4.74 Å². The van der Waals surface area contributed by atoms with E-state index in [0.717, 1.165) is 31.9 Å². The second-order valence-electron chi connectivity index (χ2n) is 9.21. The largest absolute Gasteiger partial charge is 0.497 e. The Kier molecular flexibility index (Phi) is 7.28. The van der Waals surface area contributed by atoms with E-state index in [0.29, 0.717) is 0 Å². The van der Waals surface area contributed by atoms with Gasteiger partial charge in [0.1, 0.15) is 5.75 Å². The predicted octanol–water partition coefficient (Wildman–Crippen LogP) is 5.91. The molecule has 4 aromatic rings. The van der Waals surface area contributed by atoms with Gasteiger partial charge in [0, 0.05) is 61.1 Å². The molecule has 5 rings (SSSR count). The van der Waals surface area contributed by atoms with Crippen LogP contribution < -0.4 is 4.74 Å². The summed E-state index contributed by atoms with van der Waals surface area (Å²) in [7, 11) is 1.72. The molecule has 1 aliphatic rings. The Hall–Kier alpha value is -3.08. The van der Waals surface area contributed by atoms with Gasteiger partial charge in [0.25, 0.3) is 0 Å². The second kappa shape index (κ2) is 10.9. The molecule has 4 heteroatoms. The molecule has 0 atom stereocenters. The molecule has 0 saturated carbocycles. The first kappa shape index (κ1) is 22.7. The van der Waals surface area contributed by atoms with Crippen molar-refractivity contribution in [1.82, 2.24) is 14.4 Å². The number of benzene rings is 3. The highest BCUT2D eigenvalue weighted by molar-refractivity contribution is 6.07. The third kappa shape index (κ3) is 5.19. The molecular weight excluding hydrogens is 418 g/mol. The molecule has 4 nitrogen and oxygen atoms in total. The third-order valence-corrected chi connectivity index (χ3v) is 7.02. The van der Waals surface area contributed by atoms with Gasteiger partial charge in [0.2, 0.25) is 0 Å². The van der Waals surface area contributed by atoms with Crippen LogP contribution in [0.2, 0.25) is 0 Å². The zero-order valence-corrected chi connectivity index (χ0v) is 20.2. The fraction of sp³-hybridized carbons (Fsp3) is 0.333. The first-order valence-corrected chi connectivity index (χ1v) is 12.5. The molecule has 1 aliphatic heterocycles. The van der Waals surface area contributed by atoms with Crippen LogP contribution in [-0.4, -0.2) is 60.7 Å². The highest BCUT2D eigenvalue weighted by atomic mass is 16.5. The number of nitrogens with zero attached hydrogens (tertiary/aromatic N) is 3. The molecule has 0 N–H and O–H groups in total. The minimum Gasteiger partial charge on any atom is -0.497 e. The van der Waals surface area contributed by atoms with Crippen molar-refractivity contribution >= 4 is 27.9 Å². The summed E-state index contributed by atoms with van der Waals surface area (Å²) >= 11 is 0. The van der Waals surface area contributed by atoms with Gasteiger partial charge in [0.05, 0.1) is 7.11 Å². The monoisotopic (exact) mass is 453 g/mol. The van der Waals surface area contributed by atoms with E-state index in [1.54, 1.807) is 7.11 Å². The smallest absolute Gasteiger partial charge is 0.119 e. The number of aromatic nitrogens is 1. The van der Waals surface area contributed by atoms with Crippen LogP contribution in [0.4, 0.5) is 0 Å². The summed E-state index contributed by atoms with van der Waals surface area (Å²) in [6.45, 7) is 7.93. The van der Waals surface area contributed by atoms with Crippen molar-refractivity contribution < 1.29 is 4.74 Å². The van der Waals surface area contributed by atoms with Crippen molar-refractivity contribution in [1.29, 1.82) is 0 Å². The van der Waals surface area contributed by atoms with Gasteiger partial charge < -0.3 is 14.2 Å². The summed E-state index contributed by atoms with van der Waals surface area (Å²) in [6.07, 6.45) is 6.93. The highest BCUT2D eigenvalue weighted by Gasteiger charge is 2.15. The maximum absolute atomic E-state index is 5.31. The van der Waals surface area contributed by atoms with Gasteiger partial charge in [-0.05, 0) is 49.2 Å². The van der Waals surface area contributed by atoms with Crippen LogP contribution in [0.25, 0.3) is 27.9 Å². The molecule has 1 aromatic heterocycles. The van der Waals surface area contributed by atoms with E-state index in [1.165, 1.54) is 59.8 Å². The van der Waals surface area contributed by atoms with Crippen LogP contribution in [0.1, 0.15) is 18.4 Å². The lowest BCUT2D eigenvalue weighted by Gasteiger charge is -2.34. The summed E-state index contributed by atoms with van der Waals surface area (Å²) in [6, 6.07) is 25.8. The van der Waals surface area contributed by atoms with E-state index >= 15 is 0 Å². The van der Waals surface area contributed by atoms with Gasteiger partial charge >= 0.3 is 0 Å². The van der Waals surface area contributed by atoms with Gasteiger partial charge in [0.15, 0.2) is 0 Å². The number of unbranched alkanes of at least 4 members (excludes halogenated alkanes) is 1. The molecule has 0 radical (unpaired) electrons. The summed E-state index contributed by atoms with van der Waals surface area (Å²) in [4.78, 5) is 5.18. The lowest BCUT2D eigenvalue weighted by Crippen LogP contribution is -2.46. The van der Waals surface area contributed by atoms with Gasteiger partial charge in [-0.1, -0.05) is 60.7 Å². The lowest BCUT2D eigenvalue weighted by molar-refractivity contribution is 0.140. The number of aryl methyl sites for hydroxylation is 1. The molecule has 0 bridgehead atoms. The van der Waals surface area contributed by atoms with Crippen LogP contribution in [-0.2, 0) is 6.54 Å². The Morgan fingerprint density at radius 3 is 2.09 bits per heavy atom. The van der Waals surface area contributed by atoms with Crippen LogP contribution >= 0.6 is 0 Å². The topological polar surface area (TPSA) is 20.6 Å². The number of methoxy groups -OCH3 is 1. The van der Waals surface area contributed by atoms with E-state index in [-0.39, 0.29) is 0 Å². The number of hydrogen-bond donors (Lipinski definition) is 0.